The predicted octanol–water partition coefficient (Wildman–Crippen LogP) is 1.57. The fourth-order valence-electron chi connectivity index (χ4n) is 2.74. The van der Waals surface area contributed by atoms with Crippen molar-refractivity contribution >= 4 is 11.8 Å². The highest BCUT2D eigenvalue weighted by molar-refractivity contribution is 5.97. The summed E-state index contributed by atoms with van der Waals surface area (Å²) in [6.45, 7) is 9.51. The number of amides is 2. The maximum atomic E-state index is 12.7. The second-order valence-corrected chi connectivity index (χ2v) is 6.41. The highest BCUT2D eigenvalue weighted by Crippen LogP contribution is 2.27. The van der Waals surface area contributed by atoms with Crippen LogP contribution in [0.3, 0.4) is 0 Å². The van der Waals surface area contributed by atoms with Crippen LogP contribution in [0.25, 0.3) is 0 Å². The van der Waals surface area contributed by atoms with Gasteiger partial charge in [-0.3, -0.25) is 9.59 Å². The van der Waals surface area contributed by atoms with Gasteiger partial charge in [0.25, 0.3) is 0 Å². The van der Waals surface area contributed by atoms with Crippen molar-refractivity contribution in [2.45, 2.75) is 52.5 Å². The third kappa shape index (κ3) is 3.72. The number of methoxy groups -OCH3 is 1. The van der Waals surface area contributed by atoms with Crippen molar-refractivity contribution in [1.82, 2.24) is 10.2 Å². The standard InChI is InChI=1S/C15H28N2O3/c1-6-15(7-2)13(19)17(10-12(18)16-15)11-14(3,4)8-9-20-5/h6-11H2,1-5H3,(H,16,18). The molecule has 0 aromatic rings. The van der Waals surface area contributed by atoms with Crippen LogP contribution in [0.15, 0.2) is 0 Å². The number of rotatable bonds is 7. The molecule has 0 unspecified atom stereocenters. The van der Waals surface area contributed by atoms with Gasteiger partial charge in [0.2, 0.25) is 11.8 Å². The SMILES string of the molecule is CCC1(CC)NC(=O)CN(CC(C)(C)CCOC)C1=O. The summed E-state index contributed by atoms with van der Waals surface area (Å²) in [5.74, 6) is -0.0107. The van der Waals surface area contributed by atoms with E-state index in [4.69, 9.17) is 4.74 Å². The molecule has 2 amide bonds. The summed E-state index contributed by atoms with van der Waals surface area (Å²) in [5, 5.41) is 2.88. The van der Waals surface area contributed by atoms with Crippen molar-refractivity contribution in [2.75, 3.05) is 26.8 Å². The fraction of sp³-hybridized carbons (Fsp3) is 0.867. The molecule has 1 aliphatic heterocycles. The van der Waals surface area contributed by atoms with Gasteiger partial charge >= 0.3 is 0 Å². The Morgan fingerprint density at radius 2 is 1.90 bits per heavy atom. The Morgan fingerprint density at radius 3 is 2.40 bits per heavy atom. The van der Waals surface area contributed by atoms with Crippen LogP contribution in [-0.2, 0) is 14.3 Å². The summed E-state index contributed by atoms with van der Waals surface area (Å²) < 4.78 is 5.12. The molecule has 0 aromatic carbocycles. The zero-order chi connectivity index (χ0) is 15.4. The maximum Gasteiger partial charge on any atom is 0.248 e. The average molecular weight is 284 g/mol. The van der Waals surface area contributed by atoms with Crippen LogP contribution >= 0.6 is 0 Å². The van der Waals surface area contributed by atoms with Gasteiger partial charge in [0.1, 0.15) is 5.54 Å². The number of carbonyl (C=O) groups is 2. The summed E-state index contributed by atoms with van der Waals surface area (Å²) >= 11 is 0. The first-order chi connectivity index (χ1) is 9.30. The van der Waals surface area contributed by atoms with E-state index in [1.807, 2.05) is 13.8 Å². The molecular formula is C15H28N2O3. The third-order valence-electron chi connectivity index (χ3n) is 4.22. The van der Waals surface area contributed by atoms with Crippen LogP contribution in [-0.4, -0.2) is 49.1 Å². The van der Waals surface area contributed by atoms with Crippen molar-refractivity contribution in [1.29, 1.82) is 0 Å². The van der Waals surface area contributed by atoms with E-state index in [0.717, 1.165) is 6.42 Å². The molecular weight excluding hydrogens is 256 g/mol. The Hall–Kier alpha value is -1.10. The second kappa shape index (κ2) is 6.57. The quantitative estimate of drug-likeness (QED) is 0.772. The molecule has 0 aliphatic carbocycles. The first-order valence-corrected chi connectivity index (χ1v) is 7.39. The number of carbonyl (C=O) groups excluding carboxylic acids is 2. The van der Waals surface area contributed by atoms with E-state index in [0.29, 0.717) is 26.0 Å². The van der Waals surface area contributed by atoms with Gasteiger partial charge in [-0.05, 0) is 24.7 Å². The minimum absolute atomic E-state index is 0.0487. The highest BCUT2D eigenvalue weighted by atomic mass is 16.5. The number of nitrogens with one attached hydrogen (secondary N) is 1. The normalized spacial score (nSPS) is 19.1. The maximum absolute atomic E-state index is 12.7. The number of hydrogen-bond donors (Lipinski definition) is 1. The lowest BCUT2D eigenvalue weighted by Gasteiger charge is -2.43. The van der Waals surface area contributed by atoms with E-state index in [1.54, 1.807) is 12.0 Å². The second-order valence-electron chi connectivity index (χ2n) is 6.41. The summed E-state index contributed by atoms with van der Waals surface area (Å²) in [5.41, 5.74) is -0.775. The van der Waals surface area contributed by atoms with E-state index in [2.05, 4.69) is 19.2 Å². The molecule has 0 aromatic heterocycles. The van der Waals surface area contributed by atoms with E-state index < -0.39 is 5.54 Å². The first-order valence-electron chi connectivity index (χ1n) is 7.39. The molecule has 1 fully saturated rings. The molecule has 20 heavy (non-hydrogen) atoms. The molecule has 1 heterocycles. The largest absolute Gasteiger partial charge is 0.385 e. The topological polar surface area (TPSA) is 58.6 Å². The summed E-state index contributed by atoms with van der Waals surface area (Å²) in [4.78, 5) is 26.3. The molecule has 1 aliphatic rings. The van der Waals surface area contributed by atoms with Crippen molar-refractivity contribution in [3.05, 3.63) is 0 Å². The molecule has 0 atom stereocenters. The molecule has 116 valence electrons. The molecule has 5 nitrogen and oxygen atoms in total. The molecule has 5 heteroatoms. The van der Waals surface area contributed by atoms with Gasteiger partial charge in [0, 0.05) is 20.3 Å². The summed E-state index contributed by atoms with van der Waals surface area (Å²) in [6.07, 6.45) is 2.12. The number of piperazine rings is 1. The van der Waals surface area contributed by atoms with Crippen molar-refractivity contribution in [2.24, 2.45) is 5.41 Å². The van der Waals surface area contributed by atoms with Crippen LogP contribution in [0.2, 0.25) is 0 Å². The Morgan fingerprint density at radius 1 is 1.30 bits per heavy atom. The van der Waals surface area contributed by atoms with Crippen LogP contribution < -0.4 is 5.32 Å². The molecule has 0 radical (unpaired) electrons. The molecule has 1 rings (SSSR count). The summed E-state index contributed by atoms with van der Waals surface area (Å²) in [6, 6.07) is 0. The molecule has 0 saturated carbocycles. The Balaban J connectivity index is 2.83. The Bertz CT molecular complexity index is 362. The minimum Gasteiger partial charge on any atom is -0.385 e. The Labute approximate surface area is 122 Å². The number of ether oxygens (including phenoxy) is 1. The zero-order valence-electron chi connectivity index (χ0n) is 13.4. The first kappa shape index (κ1) is 17.0. The van der Waals surface area contributed by atoms with Gasteiger partial charge in [-0.25, -0.2) is 0 Å². The number of hydrogen-bond acceptors (Lipinski definition) is 3. The van der Waals surface area contributed by atoms with Gasteiger partial charge in [-0.1, -0.05) is 27.7 Å². The van der Waals surface area contributed by atoms with E-state index >= 15 is 0 Å². The van der Waals surface area contributed by atoms with E-state index in [1.165, 1.54) is 0 Å². The van der Waals surface area contributed by atoms with Crippen LogP contribution in [0, 0.1) is 5.41 Å². The van der Waals surface area contributed by atoms with Crippen molar-refractivity contribution in [3.63, 3.8) is 0 Å². The zero-order valence-corrected chi connectivity index (χ0v) is 13.4. The van der Waals surface area contributed by atoms with Gasteiger partial charge < -0.3 is 15.0 Å². The van der Waals surface area contributed by atoms with Crippen LogP contribution in [0.4, 0.5) is 0 Å². The van der Waals surface area contributed by atoms with Crippen molar-refractivity contribution in [3.8, 4) is 0 Å². The number of nitrogens with zero attached hydrogens (tertiary/aromatic N) is 1. The lowest BCUT2D eigenvalue weighted by molar-refractivity contribution is -0.151. The average Bonchev–Trinajstić information content (AvgIpc) is 2.40. The molecule has 1 saturated heterocycles. The van der Waals surface area contributed by atoms with E-state index in [-0.39, 0.29) is 23.8 Å². The van der Waals surface area contributed by atoms with Crippen molar-refractivity contribution < 1.29 is 14.3 Å². The predicted molar refractivity (Wildman–Crippen MR) is 78.3 cm³/mol. The van der Waals surface area contributed by atoms with E-state index in [9.17, 15) is 9.59 Å². The molecule has 1 N–H and O–H groups in total. The smallest absolute Gasteiger partial charge is 0.248 e. The summed E-state index contributed by atoms with van der Waals surface area (Å²) in [7, 11) is 1.68. The third-order valence-corrected chi connectivity index (χ3v) is 4.22. The van der Waals surface area contributed by atoms with Gasteiger partial charge in [-0.2, -0.15) is 0 Å². The lowest BCUT2D eigenvalue weighted by atomic mass is 9.85. The van der Waals surface area contributed by atoms with Gasteiger partial charge in [-0.15, -0.1) is 0 Å². The fourth-order valence-corrected chi connectivity index (χ4v) is 2.74. The highest BCUT2D eigenvalue weighted by Gasteiger charge is 2.44. The lowest BCUT2D eigenvalue weighted by Crippen LogP contribution is -2.67. The van der Waals surface area contributed by atoms with Gasteiger partial charge in [0.05, 0.1) is 6.54 Å². The van der Waals surface area contributed by atoms with Gasteiger partial charge in [0.15, 0.2) is 0 Å². The van der Waals surface area contributed by atoms with Crippen LogP contribution in [0.1, 0.15) is 47.0 Å². The molecule has 0 bridgehead atoms. The Kier molecular flexibility index (Phi) is 5.57. The molecule has 0 spiro atoms. The van der Waals surface area contributed by atoms with Crippen LogP contribution in [0.5, 0.6) is 0 Å². The minimum atomic E-state index is -0.716. The monoisotopic (exact) mass is 284 g/mol.